The second-order valence-electron chi connectivity index (χ2n) is 6.15. The Bertz CT molecular complexity index is 545. The van der Waals surface area contributed by atoms with Gasteiger partial charge in [0, 0.05) is 18.6 Å². The molecule has 2 aliphatic rings. The van der Waals surface area contributed by atoms with Crippen molar-refractivity contribution in [2.45, 2.75) is 50.7 Å². The Balaban J connectivity index is 1.83. The van der Waals surface area contributed by atoms with Crippen LogP contribution < -0.4 is 5.32 Å². The molecule has 0 spiro atoms. The minimum Gasteiger partial charge on any atom is -0.465 e. The summed E-state index contributed by atoms with van der Waals surface area (Å²) in [5.41, 5.74) is 1.74. The zero-order valence-electron chi connectivity index (χ0n) is 12.2. The highest BCUT2D eigenvalue weighted by Gasteiger charge is 2.35. The van der Waals surface area contributed by atoms with Crippen molar-refractivity contribution in [1.82, 2.24) is 10.2 Å². The monoisotopic (exact) mass is 292 g/mol. The summed E-state index contributed by atoms with van der Waals surface area (Å²) < 4.78 is 13.3. The third-order valence-corrected chi connectivity index (χ3v) is 4.49. The zero-order valence-corrected chi connectivity index (χ0v) is 12.2. The van der Waals surface area contributed by atoms with Gasteiger partial charge in [-0.3, -0.25) is 0 Å². The summed E-state index contributed by atoms with van der Waals surface area (Å²) in [6.45, 7) is 2.37. The number of piperidine rings is 1. The molecule has 5 heteroatoms. The van der Waals surface area contributed by atoms with Crippen molar-refractivity contribution in [3.8, 4) is 0 Å². The van der Waals surface area contributed by atoms with Crippen molar-refractivity contribution in [2.75, 3.05) is 6.54 Å². The number of hydrogen-bond donors (Lipinski definition) is 2. The summed E-state index contributed by atoms with van der Waals surface area (Å²) in [6.07, 6.45) is 3.15. The molecule has 2 atom stereocenters. The van der Waals surface area contributed by atoms with Crippen LogP contribution >= 0.6 is 0 Å². The molecule has 1 aromatic carbocycles. The van der Waals surface area contributed by atoms with E-state index in [1.54, 1.807) is 6.07 Å². The van der Waals surface area contributed by atoms with Crippen LogP contribution in [-0.2, 0) is 0 Å². The number of carboxylic acid groups (broad SMARTS) is 1. The number of rotatable bonds is 3. The maximum Gasteiger partial charge on any atom is 0.407 e. The molecule has 1 aliphatic carbocycles. The molecule has 3 rings (SSSR count). The molecule has 1 heterocycles. The second kappa shape index (κ2) is 5.64. The first kappa shape index (κ1) is 14.3. The van der Waals surface area contributed by atoms with E-state index in [9.17, 15) is 14.3 Å². The van der Waals surface area contributed by atoms with Gasteiger partial charge in [-0.05, 0) is 55.9 Å². The number of benzene rings is 1. The molecule has 0 radical (unpaired) electrons. The summed E-state index contributed by atoms with van der Waals surface area (Å²) >= 11 is 0. The molecule has 1 saturated carbocycles. The Morgan fingerprint density at radius 2 is 2.10 bits per heavy atom. The topological polar surface area (TPSA) is 52.6 Å². The summed E-state index contributed by atoms with van der Waals surface area (Å²) in [5.74, 6) is -0.276. The van der Waals surface area contributed by atoms with Gasteiger partial charge in [0.05, 0.1) is 6.04 Å². The fourth-order valence-electron chi connectivity index (χ4n) is 3.24. The van der Waals surface area contributed by atoms with Gasteiger partial charge in [0.15, 0.2) is 0 Å². The Kier molecular flexibility index (Phi) is 3.85. The SMILES string of the molecule is Cc1cc(F)ccc1[C@H]1C[C@H](NC2CC2)CCN1C(=O)O. The zero-order chi connectivity index (χ0) is 15.0. The molecular formula is C16H21FN2O2. The number of aryl methyl sites for hydroxylation is 1. The van der Waals surface area contributed by atoms with E-state index >= 15 is 0 Å². The Labute approximate surface area is 124 Å². The van der Waals surface area contributed by atoms with Gasteiger partial charge in [0.2, 0.25) is 0 Å². The predicted octanol–water partition coefficient (Wildman–Crippen LogP) is 3.07. The molecule has 2 fully saturated rings. The van der Waals surface area contributed by atoms with Crippen LogP contribution in [0.5, 0.6) is 0 Å². The van der Waals surface area contributed by atoms with Crippen LogP contribution in [-0.4, -0.2) is 34.7 Å². The normalized spacial score (nSPS) is 25.9. The van der Waals surface area contributed by atoms with E-state index in [1.165, 1.54) is 29.9 Å². The maximum absolute atomic E-state index is 13.3. The first-order valence-corrected chi connectivity index (χ1v) is 7.56. The lowest BCUT2D eigenvalue weighted by molar-refractivity contribution is 0.0959. The van der Waals surface area contributed by atoms with Gasteiger partial charge < -0.3 is 15.3 Å². The van der Waals surface area contributed by atoms with Crippen LogP contribution in [0.3, 0.4) is 0 Å². The van der Waals surface area contributed by atoms with Crippen LogP contribution in [0.2, 0.25) is 0 Å². The minimum absolute atomic E-state index is 0.187. The van der Waals surface area contributed by atoms with E-state index in [0.29, 0.717) is 18.6 Å². The fourth-order valence-corrected chi connectivity index (χ4v) is 3.24. The smallest absolute Gasteiger partial charge is 0.407 e. The van der Waals surface area contributed by atoms with Crippen LogP contribution in [0.15, 0.2) is 18.2 Å². The van der Waals surface area contributed by atoms with Crippen molar-refractivity contribution in [2.24, 2.45) is 0 Å². The quantitative estimate of drug-likeness (QED) is 0.900. The van der Waals surface area contributed by atoms with Crippen LogP contribution in [0.4, 0.5) is 9.18 Å². The first-order chi connectivity index (χ1) is 10.0. The van der Waals surface area contributed by atoms with E-state index in [4.69, 9.17) is 0 Å². The lowest BCUT2D eigenvalue weighted by Crippen LogP contribution is -2.47. The predicted molar refractivity (Wildman–Crippen MR) is 77.8 cm³/mol. The number of halogens is 1. The number of nitrogens with one attached hydrogen (secondary N) is 1. The van der Waals surface area contributed by atoms with E-state index in [0.717, 1.165) is 24.0 Å². The van der Waals surface area contributed by atoms with Crippen LogP contribution in [0.1, 0.15) is 42.9 Å². The molecule has 4 nitrogen and oxygen atoms in total. The lowest BCUT2D eigenvalue weighted by Gasteiger charge is -2.39. The fraction of sp³-hybridized carbons (Fsp3) is 0.562. The molecule has 0 aromatic heterocycles. The van der Waals surface area contributed by atoms with Gasteiger partial charge in [0.1, 0.15) is 5.82 Å². The molecule has 114 valence electrons. The van der Waals surface area contributed by atoms with Crippen LogP contribution in [0.25, 0.3) is 0 Å². The van der Waals surface area contributed by atoms with Crippen molar-refractivity contribution in [3.05, 3.63) is 35.1 Å². The largest absolute Gasteiger partial charge is 0.465 e. The highest BCUT2D eigenvalue weighted by molar-refractivity contribution is 5.66. The second-order valence-corrected chi connectivity index (χ2v) is 6.15. The molecule has 1 aliphatic heterocycles. The number of amides is 1. The van der Waals surface area contributed by atoms with E-state index in [2.05, 4.69) is 5.32 Å². The molecule has 1 aromatic rings. The Hall–Kier alpha value is -1.62. The van der Waals surface area contributed by atoms with Gasteiger partial charge in [-0.2, -0.15) is 0 Å². The molecule has 21 heavy (non-hydrogen) atoms. The summed E-state index contributed by atoms with van der Waals surface area (Å²) in [4.78, 5) is 13.0. The highest BCUT2D eigenvalue weighted by Crippen LogP contribution is 2.34. The van der Waals surface area contributed by atoms with Gasteiger partial charge in [0.25, 0.3) is 0 Å². The van der Waals surface area contributed by atoms with Crippen molar-refractivity contribution in [1.29, 1.82) is 0 Å². The third-order valence-electron chi connectivity index (χ3n) is 4.49. The average Bonchev–Trinajstić information content (AvgIpc) is 3.22. The number of carbonyl (C=O) groups is 1. The first-order valence-electron chi connectivity index (χ1n) is 7.56. The van der Waals surface area contributed by atoms with Crippen molar-refractivity contribution >= 4 is 6.09 Å². The summed E-state index contributed by atoms with van der Waals surface area (Å²) in [5, 5.41) is 13.0. The molecule has 0 bridgehead atoms. The third kappa shape index (κ3) is 3.18. The van der Waals surface area contributed by atoms with E-state index in [-0.39, 0.29) is 11.9 Å². The van der Waals surface area contributed by atoms with Crippen LogP contribution in [0, 0.1) is 12.7 Å². The standard InChI is InChI=1S/C16H21FN2O2/c1-10-8-11(17)2-5-14(10)15-9-13(18-12-3-4-12)6-7-19(15)16(20)21/h2,5,8,12-13,15,18H,3-4,6-7,9H2,1H3,(H,20,21)/t13-,15-/m1/s1. The van der Waals surface area contributed by atoms with E-state index in [1.807, 2.05) is 6.92 Å². The molecule has 1 saturated heterocycles. The van der Waals surface area contributed by atoms with Gasteiger partial charge >= 0.3 is 6.09 Å². The average molecular weight is 292 g/mol. The summed E-state index contributed by atoms with van der Waals surface area (Å²) in [7, 11) is 0. The van der Waals surface area contributed by atoms with Gasteiger partial charge in [-0.1, -0.05) is 6.07 Å². The minimum atomic E-state index is -0.895. The van der Waals surface area contributed by atoms with E-state index < -0.39 is 6.09 Å². The Morgan fingerprint density at radius 3 is 2.71 bits per heavy atom. The summed E-state index contributed by atoms with van der Waals surface area (Å²) in [6, 6.07) is 5.40. The highest BCUT2D eigenvalue weighted by atomic mass is 19.1. The number of hydrogen-bond acceptors (Lipinski definition) is 2. The Morgan fingerprint density at radius 1 is 1.33 bits per heavy atom. The molecule has 0 unspecified atom stereocenters. The maximum atomic E-state index is 13.3. The number of nitrogens with zero attached hydrogens (tertiary/aromatic N) is 1. The van der Waals surface area contributed by atoms with Gasteiger partial charge in [-0.15, -0.1) is 0 Å². The molecular weight excluding hydrogens is 271 g/mol. The van der Waals surface area contributed by atoms with Crippen molar-refractivity contribution in [3.63, 3.8) is 0 Å². The molecule has 2 N–H and O–H groups in total. The van der Waals surface area contributed by atoms with Crippen molar-refractivity contribution < 1.29 is 14.3 Å². The number of likely N-dealkylation sites (tertiary alicyclic amines) is 1. The van der Waals surface area contributed by atoms with Gasteiger partial charge in [-0.25, -0.2) is 9.18 Å². The molecule has 1 amide bonds. The lowest BCUT2D eigenvalue weighted by atomic mass is 9.89.